The molecule has 0 atom stereocenters. The molecule has 1 N–H and O–H groups in total. The lowest BCUT2D eigenvalue weighted by molar-refractivity contribution is 0.102. The highest BCUT2D eigenvalue weighted by Crippen LogP contribution is 2.20. The van der Waals surface area contributed by atoms with E-state index in [-0.39, 0.29) is 5.56 Å². The van der Waals surface area contributed by atoms with E-state index in [1.807, 2.05) is 0 Å². The fourth-order valence-corrected chi connectivity index (χ4v) is 1.92. The molecule has 0 aliphatic heterocycles. The molecule has 1 aromatic heterocycles. The van der Waals surface area contributed by atoms with Crippen molar-refractivity contribution in [2.24, 2.45) is 7.05 Å². The Balaban J connectivity index is 2.26. The van der Waals surface area contributed by atoms with E-state index in [1.165, 1.54) is 18.3 Å². The second-order valence-corrected chi connectivity index (χ2v) is 4.31. The first-order valence-electron chi connectivity index (χ1n) is 4.82. The van der Waals surface area contributed by atoms with Crippen LogP contribution < -0.4 is 5.32 Å². The first-order valence-corrected chi connectivity index (χ1v) is 5.61. The van der Waals surface area contributed by atoms with Crippen molar-refractivity contribution >= 4 is 27.5 Å². The van der Waals surface area contributed by atoms with E-state index in [0.717, 1.165) is 0 Å². The number of carbonyl (C=O) groups is 1. The average molecular weight is 298 g/mol. The number of halogens is 2. The maximum absolute atomic E-state index is 13.5. The molecule has 88 valence electrons. The van der Waals surface area contributed by atoms with Gasteiger partial charge < -0.3 is 5.32 Å². The molecule has 0 unspecified atom stereocenters. The molecular weight excluding hydrogens is 289 g/mol. The third kappa shape index (κ3) is 2.52. The Kier molecular flexibility index (Phi) is 3.23. The number of hydrogen-bond donors (Lipinski definition) is 1. The van der Waals surface area contributed by atoms with Gasteiger partial charge in [0.2, 0.25) is 0 Å². The second-order valence-electron chi connectivity index (χ2n) is 3.45. The van der Waals surface area contributed by atoms with E-state index in [1.54, 1.807) is 24.0 Å². The predicted octanol–water partition coefficient (Wildman–Crippen LogP) is 2.57. The number of carbonyl (C=O) groups excluding carboxylic acids is 1. The molecule has 6 heteroatoms. The van der Waals surface area contributed by atoms with Crippen molar-refractivity contribution in [3.8, 4) is 0 Å². The van der Waals surface area contributed by atoms with Crippen LogP contribution in [0.3, 0.4) is 0 Å². The van der Waals surface area contributed by atoms with Crippen LogP contribution in [0.2, 0.25) is 0 Å². The minimum Gasteiger partial charge on any atom is -0.319 e. The summed E-state index contributed by atoms with van der Waals surface area (Å²) in [6.07, 6.45) is 3.12. The maximum Gasteiger partial charge on any atom is 0.259 e. The highest BCUT2D eigenvalue weighted by molar-refractivity contribution is 9.10. The predicted molar refractivity (Wildman–Crippen MR) is 65.3 cm³/mol. The molecule has 1 amide bonds. The zero-order chi connectivity index (χ0) is 12.4. The molecule has 2 rings (SSSR count). The van der Waals surface area contributed by atoms with Gasteiger partial charge in [-0.1, -0.05) is 6.07 Å². The number of amides is 1. The zero-order valence-corrected chi connectivity index (χ0v) is 10.5. The maximum atomic E-state index is 13.5. The van der Waals surface area contributed by atoms with Gasteiger partial charge in [0, 0.05) is 17.7 Å². The monoisotopic (exact) mass is 297 g/mol. The fraction of sp³-hybridized carbons (Fsp3) is 0.0909. The lowest BCUT2D eigenvalue weighted by Crippen LogP contribution is -2.14. The molecule has 1 aromatic carbocycles. The second kappa shape index (κ2) is 4.67. The van der Waals surface area contributed by atoms with E-state index < -0.39 is 11.7 Å². The first-order chi connectivity index (χ1) is 8.08. The molecule has 0 aliphatic rings. The Bertz CT molecular complexity index is 547. The van der Waals surface area contributed by atoms with Gasteiger partial charge in [-0.3, -0.25) is 9.48 Å². The van der Waals surface area contributed by atoms with Crippen LogP contribution in [0.5, 0.6) is 0 Å². The SMILES string of the molecule is Cn1cc(NC(=O)c2c(F)cccc2Br)cn1. The first kappa shape index (κ1) is 11.8. The molecule has 17 heavy (non-hydrogen) atoms. The van der Waals surface area contributed by atoms with E-state index in [4.69, 9.17) is 0 Å². The Labute approximate surface area is 106 Å². The number of nitrogens with one attached hydrogen (secondary N) is 1. The van der Waals surface area contributed by atoms with Crippen LogP contribution in [-0.2, 0) is 7.05 Å². The normalized spacial score (nSPS) is 10.3. The van der Waals surface area contributed by atoms with E-state index >= 15 is 0 Å². The molecule has 2 aromatic rings. The van der Waals surface area contributed by atoms with Gasteiger partial charge in [-0.25, -0.2) is 4.39 Å². The summed E-state index contributed by atoms with van der Waals surface area (Å²) in [6, 6.07) is 4.38. The molecule has 0 spiro atoms. The summed E-state index contributed by atoms with van der Waals surface area (Å²) in [4.78, 5) is 11.8. The van der Waals surface area contributed by atoms with Crippen LogP contribution in [0.25, 0.3) is 0 Å². The zero-order valence-electron chi connectivity index (χ0n) is 8.95. The van der Waals surface area contributed by atoms with Gasteiger partial charge >= 0.3 is 0 Å². The third-order valence-corrected chi connectivity index (χ3v) is 2.81. The van der Waals surface area contributed by atoms with Crippen molar-refractivity contribution in [2.75, 3.05) is 5.32 Å². The summed E-state index contributed by atoms with van der Waals surface area (Å²) in [5.74, 6) is -1.08. The van der Waals surface area contributed by atoms with Crippen molar-refractivity contribution < 1.29 is 9.18 Å². The number of nitrogens with zero attached hydrogens (tertiary/aromatic N) is 2. The quantitative estimate of drug-likeness (QED) is 0.926. The summed E-state index contributed by atoms with van der Waals surface area (Å²) in [5, 5.41) is 6.47. The summed E-state index contributed by atoms with van der Waals surface area (Å²) < 4.78 is 15.5. The molecular formula is C11H9BrFN3O. The van der Waals surface area contributed by atoms with Gasteiger partial charge in [0.1, 0.15) is 5.82 Å². The summed E-state index contributed by atoms with van der Waals surface area (Å²) in [7, 11) is 1.73. The minimum atomic E-state index is -0.569. The third-order valence-electron chi connectivity index (χ3n) is 2.15. The van der Waals surface area contributed by atoms with Gasteiger partial charge in [-0.05, 0) is 28.1 Å². The molecule has 0 bridgehead atoms. The van der Waals surface area contributed by atoms with Crippen molar-refractivity contribution in [1.29, 1.82) is 0 Å². The van der Waals surface area contributed by atoms with E-state index in [9.17, 15) is 9.18 Å². The highest BCUT2D eigenvalue weighted by Gasteiger charge is 2.15. The lowest BCUT2D eigenvalue weighted by atomic mass is 10.2. The summed E-state index contributed by atoms with van der Waals surface area (Å²) in [5.41, 5.74) is 0.504. The lowest BCUT2D eigenvalue weighted by Gasteiger charge is -2.05. The van der Waals surface area contributed by atoms with Crippen LogP contribution in [0.4, 0.5) is 10.1 Å². The summed E-state index contributed by atoms with van der Waals surface area (Å²) in [6.45, 7) is 0. The van der Waals surface area contributed by atoms with Crippen LogP contribution in [-0.4, -0.2) is 15.7 Å². The number of benzene rings is 1. The van der Waals surface area contributed by atoms with Gasteiger partial charge in [0.15, 0.2) is 0 Å². The Morgan fingerprint density at radius 3 is 2.88 bits per heavy atom. The smallest absolute Gasteiger partial charge is 0.259 e. The number of anilines is 1. The van der Waals surface area contributed by atoms with Crippen LogP contribution in [0, 0.1) is 5.82 Å². The molecule has 0 saturated carbocycles. The fourth-order valence-electron chi connectivity index (χ4n) is 1.39. The highest BCUT2D eigenvalue weighted by atomic mass is 79.9. The van der Waals surface area contributed by atoms with Crippen molar-refractivity contribution in [3.05, 3.63) is 46.4 Å². The molecule has 1 heterocycles. The summed E-state index contributed by atoms with van der Waals surface area (Å²) >= 11 is 3.14. The molecule has 0 fully saturated rings. The van der Waals surface area contributed by atoms with Crippen LogP contribution >= 0.6 is 15.9 Å². The Hall–Kier alpha value is -1.69. The van der Waals surface area contributed by atoms with Gasteiger partial charge in [-0.15, -0.1) is 0 Å². The number of aryl methyl sites for hydroxylation is 1. The van der Waals surface area contributed by atoms with Gasteiger partial charge in [0.05, 0.1) is 17.4 Å². The van der Waals surface area contributed by atoms with Crippen molar-refractivity contribution in [2.45, 2.75) is 0 Å². The van der Waals surface area contributed by atoms with Crippen LogP contribution in [0.15, 0.2) is 35.1 Å². The van der Waals surface area contributed by atoms with Gasteiger partial charge in [-0.2, -0.15) is 5.10 Å². The molecule has 0 saturated heterocycles. The minimum absolute atomic E-state index is 0.0173. The Morgan fingerprint density at radius 2 is 2.29 bits per heavy atom. The molecule has 4 nitrogen and oxygen atoms in total. The standard InChI is InChI=1S/C11H9BrFN3O/c1-16-6-7(5-14-16)15-11(17)10-8(12)3-2-4-9(10)13/h2-6H,1H3,(H,15,17). The van der Waals surface area contributed by atoms with E-state index in [2.05, 4.69) is 26.3 Å². The number of aromatic nitrogens is 2. The number of rotatable bonds is 2. The molecule has 0 aliphatic carbocycles. The van der Waals surface area contributed by atoms with Crippen molar-refractivity contribution in [1.82, 2.24) is 9.78 Å². The van der Waals surface area contributed by atoms with E-state index in [0.29, 0.717) is 10.2 Å². The van der Waals surface area contributed by atoms with Crippen LogP contribution in [0.1, 0.15) is 10.4 Å². The average Bonchev–Trinajstić information content (AvgIpc) is 2.63. The Morgan fingerprint density at radius 1 is 1.53 bits per heavy atom. The largest absolute Gasteiger partial charge is 0.319 e. The number of hydrogen-bond acceptors (Lipinski definition) is 2. The topological polar surface area (TPSA) is 46.9 Å². The molecule has 0 radical (unpaired) electrons. The van der Waals surface area contributed by atoms with Crippen molar-refractivity contribution in [3.63, 3.8) is 0 Å². The van der Waals surface area contributed by atoms with Gasteiger partial charge in [0.25, 0.3) is 5.91 Å².